The smallest absolute Gasteiger partial charge is 0.338 e. The van der Waals surface area contributed by atoms with Crippen LogP contribution in [0.2, 0.25) is 0 Å². The Bertz CT molecular complexity index is 556. The van der Waals surface area contributed by atoms with E-state index in [0.29, 0.717) is 5.57 Å². The third-order valence-electron chi connectivity index (χ3n) is 5.97. The van der Waals surface area contributed by atoms with Crippen LogP contribution in [0.25, 0.3) is 0 Å². The number of esters is 2. The van der Waals surface area contributed by atoms with Crippen LogP contribution >= 0.6 is 0 Å². The maximum absolute atomic E-state index is 12.6. The number of rotatable bonds is 0. The van der Waals surface area contributed by atoms with Crippen molar-refractivity contribution in [3.63, 3.8) is 0 Å². The lowest BCUT2D eigenvalue weighted by atomic mass is 9.85. The number of nitrogens with zero attached hydrogens (tertiary/aromatic N) is 1. The van der Waals surface area contributed by atoms with Crippen LogP contribution in [0.15, 0.2) is 11.6 Å². The van der Waals surface area contributed by atoms with E-state index in [1.54, 1.807) is 19.9 Å². The summed E-state index contributed by atoms with van der Waals surface area (Å²) in [4.78, 5) is 27.3. The molecule has 3 heterocycles. The molecule has 3 aliphatic rings. The lowest BCUT2D eigenvalue weighted by molar-refractivity contribution is -0.172. The van der Waals surface area contributed by atoms with Crippen LogP contribution in [-0.4, -0.2) is 59.4 Å². The summed E-state index contributed by atoms with van der Waals surface area (Å²) < 4.78 is 11.3. The molecule has 0 amide bonds. The van der Waals surface area contributed by atoms with E-state index in [0.717, 1.165) is 25.9 Å². The normalized spacial score (nSPS) is 42.9. The molecule has 0 saturated carbocycles. The average Bonchev–Trinajstić information content (AvgIpc) is 3.12. The Morgan fingerprint density at radius 3 is 2.71 bits per heavy atom. The first-order valence-electron chi connectivity index (χ1n) is 8.84. The van der Waals surface area contributed by atoms with Gasteiger partial charge in [-0.2, -0.15) is 0 Å². The van der Waals surface area contributed by atoms with Gasteiger partial charge in [-0.15, -0.1) is 0 Å². The van der Waals surface area contributed by atoms with Gasteiger partial charge in [0.25, 0.3) is 0 Å². The van der Waals surface area contributed by atoms with E-state index in [9.17, 15) is 14.7 Å². The minimum absolute atomic E-state index is 0.113. The molecule has 3 rings (SSSR count). The van der Waals surface area contributed by atoms with Crippen LogP contribution in [0.3, 0.4) is 0 Å². The van der Waals surface area contributed by atoms with Crippen molar-refractivity contribution < 1.29 is 24.2 Å². The van der Waals surface area contributed by atoms with Crippen LogP contribution in [0.1, 0.15) is 40.0 Å². The van der Waals surface area contributed by atoms with Crippen molar-refractivity contribution in [2.24, 2.45) is 11.8 Å². The van der Waals surface area contributed by atoms with E-state index in [4.69, 9.17) is 9.47 Å². The molecule has 0 spiro atoms. The quantitative estimate of drug-likeness (QED) is 0.530. The summed E-state index contributed by atoms with van der Waals surface area (Å²) in [7, 11) is 0. The fourth-order valence-corrected chi connectivity index (χ4v) is 4.11. The van der Waals surface area contributed by atoms with E-state index >= 15 is 0 Å². The molecule has 1 N–H and O–H groups in total. The van der Waals surface area contributed by atoms with Crippen molar-refractivity contribution in [1.29, 1.82) is 0 Å². The molecule has 24 heavy (non-hydrogen) atoms. The topological polar surface area (TPSA) is 76.1 Å². The zero-order valence-corrected chi connectivity index (χ0v) is 14.7. The van der Waals surface area contributed by atoms with Gasteiger partial charge in [0.1, 0.15) is 6.10 Å². The summed E-state index contributed by atoms with van der Waals surface area (Å²) in [5, 5.41) is 10.6. The predicted octanol–water partition coefficient (Wildman–Crippen LogP) is 1.27. The highest BCUT2D eigenvalue weighted by molar-refractivity contribution is 5.89. The lowest BCUT2D eigenvalue weighted by Crippen LogP contribution is -2.46. The monoisotopic (exact) mass is 337 g/mol. The molecule has 6 heteroatoms. The molecule has 0 aromatic heterocycles. The summed E-state index contributed by atoms with van der Waals surface area (Å²) in [5.74, 6) is -1.23. The minimum Gasteiger partial charge on any atom is -0.463 e. The average molecular weight is 337 g/mol. The Morgan fingerprint density at radius 1 is 1.29 bits per heavy atom. The van der Waals surface area contributed by atoms with Crippen molar-refractivity contribution in [2.45, 2.75) is 57.8 Å². The Labute approximate surface area is 142 Å². The fraction of sp³-hybridized carbons (Fsp3) is 0.778. The van der Waals surface area contributed by atoms with E-state index < -0.39 is 17.5 Å². The summed E-state index contributed by atoms with van der Waals surface area (Å²) in [5.41, 5.74) is -1.12. The summed E-state index contributed by atoms with van der Waals surface area (Å²) in [6.07, 6.45) is 3.59. The molecule has 0 aromatic carbocycles. The number of hydrogen-bond acceptors (Lipinski definition) is 6. The van der Waals surface area contributed by atoms with Crippen molar-refractivity contribution in [3.05, 3.63) is 11.6 Å². The number of cyclic esters (lactones) is 1. The van der Waals surface area contributed by atoms with E-state index in [-0.39, 0.29) is 37.1 Å². The van der Waals surface area contributed by atoms with Gasteiger partial charge in [-0.05, 0) is 45.6 Å². The molecule has 3 fully saturated rings. The second-order valence-electron chi connectivity index (χ2n) is 7.47. The van der Waals surface area contributed by atoms with Gasteiger partial charge in [0.05, 0.1) is 12.6 Å². The maximum atomic E-state index is 12.6. The molecular weight excluding hydrogens is 310 g/mol. The number of allylic oxidation sites excluding steroid dienone is 1. The number of aliphatic hydroxyl groups is 1. The first-order valence-corrected chi connectivity index (χ1v) is 8.84. The molecule has 0 aliphatic carbocycles. The molecule has 3 saturated heterocycles. The number of hydrogen-bond donors (Lipinski definition) is 1. The van der Waals surface area contributed by atoms with Crippen molar-refractivity contribution in [2.75, 3.05) is 19.7 Å². The molecule has 0 bridgehead atoms. The summed E-state index contributed by atoms with van der Waals surface area (Å²) in [6.45, 7) is 7.11. The van der Waals surface area contributed by atoms with Crippen LogP contribution in [0.5, 0.6) is 0 Å². The number of carbonyl (C=O) groups is 2. The fourth-order valence-electron chi connectivity index (χ4n) is 4.11. The molecule has 3 aliphatic heterocycles. The molecule has 5 atom stereocenters. The Morgan fingerprint density at radius 2 is 2.00 bits per heavy atom. The van der Waals surface area contributed by atoms with Gasteiger partial charge < -0.3 is 14.6 Å². The van der Waals surface area contributed by atoms with Crippen LogP contribution in [0.4, 0.5) is 0 Å². The predicted molar refractivity (Wildman–Crippen MR) is 87.1 cm³/mol. The van der Waals surface area contributed by atoms with Crippen LogP contribution in [0, 0.1) is 11.8 Å². The third-order valence-corrected chi connectivity index (χ3v) is 5.97. The molecule has 0 radical (unpaired) electrons. The minimum atomic E-state index is -1.62. The van der Waals surface area contributed by atoms with Gasteiger partial charge in [-0.25, -0.2) is 9.59 Å². The van der Waals surface area contributed by atoms with Crippen molar-refractivity contribution >= 4 is 11.9 Å². The molecule has 0 aromatic rings. The van der Waals surface area contributed by atoms with E-state index in [2.05, 4.69) is 4.90 Å². The number of ether oxygens (including phenoxy) is 2. The molecular formula is C18H27NO5. The largest absolute Gasteiger partial charge is 0.463 e. The zero-order valence-electron chi connectivity index (χ0n) is 14.7. The highest BCUT2D eigenvalue weighted by Gasteiger charge is 2.48. The second kappa shape index (κ2) is 6.48. The first kappa shape index (κ1) is 17.4. The molecule has 6 nitrogen and oxygen atoms in total. The highest BCUT2D eigenvalue weighted by atomic mass is 16.6. The third kappa shape index (κ3) is 2.97. The standard InChI is InChI=1S/C18H27NO5/c1-4-12-9-11(2)18(3,22)17(21)23-10-13-5-7-19-8-6-14(15(13)19)24-16(12)20/h4,11,13-15,22H,5-10H2,1-3H3/b12-4-/t11-,13+,14+,15+,18+/m0/s1. The SMILES string of the molecule is C/C=C1/C[C@H](C)[C@@](C)(O)C(=O)OC[C@H]2CCN3CC[C@@H](OC1=O)[C@@H]23. The summed E-state index contributed by atoms with van der Waals surface area (Å²) >= 11 is 0. The Kier molecular flexibility index (Phi) is 4.71. The first-order chi connectivity index (χ1) is 11.3. The zero-order chi connectivity index (χ0) is 17.5. The van der Waals surface area contributed by atoms with Gasteiger partial charge in [-0.1, -0.05) is 13.0 Å². The van der Waals surface area contributed by atoms with Gasteiger partial charge in [0.2, 0.25) is 0 Å². The van der Waals surface area contributed by atoms with Crippen LogP contribution in [-0.2, 0) is 19.1 Å². The summed E-state index contributed by atoms with van der Waals surface area (Å²) in [6, 6.07) is 0.113. The molecule has 134 valence electrons. The van der Waals surface area contributed by atoms with Gasteiger partial charge in [-0.3, -0.25) is 4.90 Å². The van der Waals surface area contributed by atoms with Gasteiger partial charge >= 0.3 is 11.9 Å². The van der Waals surface area contributed by atoms with Crippen molar-refractivity contribution in [1.82, 2.24) is 4.90 Å². The molecule has 0 unspecified atom stereocenters. The van der Waals surface area contributed by atoms with Crippen molar-refractivity contribution in [3.8, 4) is 0 Å². The lowest BCUT2D eigenvalue weighted by Gasteiger charge is -2.32. The highest BCUT2D eigenvalue weighted by Crippen LogP contribution is 2.36. The maximum Gasteiger partial charge on any atom is 0.338 e. The van der Waals surface area contributed by atoms with Gasteiger partial charge in [0, 0.05) is 18.0 Å². The van der Waals surface area contributed by atoms with E-state index in [1.807, 2.05) is 0 Å². The van der Waals surface area contributed by atoms with Crippen LogP contribution < -0.4 is 0 Å². The van der Waals surface area contributed by atoms with E-state index in [1.165, 1.54) is 6.92 Å². The second-order valence-corrected chi connectivity index (χ2v) is 7.47. The Hall–Kier alpha value is -1.40. The number of carbonyl (C=O) groups excluding carboxylic acids is 2. The Balaban J connectivity index is 1.89. The van der Waals surface area contributed by atoms with Gasteiger partial charge in [0.15, 0.2) is 5.60 Å².